The first-order valence-corrected chi connectivity index (χ1v) is 10.6. The summed E-state index contributed by atoms with van der Waals surface area (Å²) in [4.78, 5) is 16.5. The Bertz CT molecular complexity index is 684. The van der Waals surface area contributed by atoms with Crippen molar-refractivity contribution >= 4 is 17.7 Å². The Hall–Kier alpha value is -1.60. The number of amides is 1. The van der Waals surface area contributed by atoms with Crippen molar-refractivity contribution in [1.82, 2.24) is 9.80 Å². The molecule has 2 fully saturated rings. The molecule has 160 valence electrons. The van der Waals surface area contributed by atoms with Crippen molar-refractivity contribution in [2.75, 3.05) is 40.0 Å². The van der Waals surface area contributed by atoms with E-state index in [9.17, 15) is 4.79 Å². The molecule has 0 aliphatic carbocycles. The third-order valence-corrected chi connectivity index (χ3v) is 5.98. The number of nitrogens with zero attached hydrogens (tertiary/aromatic N) is 2. The smallest absolute Gasteiger partial charge is 0.410 e. The molecule has 4 atom stereocenters. The second kappa shape index (κ2) is 10.4. The molecule has 0 radical (unpaired) electrons. The van der Waals surface area contributed by atoms with Crippen molar-refractivity contribution in [2.24, 2.45) is 0 Å². The van der Waals surface area contributed by atoms with Gasteiger partial charge < -0.3 is 19.1 Å². The zero-order chi connectivity index (χ0) is 20.8. The summed E-state index contributed by atoms with van der Waals surface area (Å²) in [5.41, 5.74) is 1.24. The van der Waals surface area contributed by atoms with Gasteiger partial charge in [-0.3, -0.25) is 4.90 Å². The number of rotatable bonds is 6. The SMILES string of the molecule is C=CCOC(=O)N1CC[C@H](N2CC(C)OCC2Cc2ccc(Cl)cc2)[C@@H](OC)C1. The number of ether oxygens (including phenoxy) is 3. The summed E-state index contributed by atoms with van der Waals surface area (Å²) in [6.07, 6.45) is 3.10. The largest absolute Gasteiger partial charge is 0.445 e. The Morgan fingerprint density at radius 2 is 2.10 bits per heavy atom. The highest BCUT2D eigenvalue weighted by Gasteiger charge is 2.40. The normalized spacial score (nSPS) is 28.2. The molecule has 29 heavy (non-hydrogen) atoms. The summed E-state index contributed by atoms with van der Waals surface area (Å²) < 4.78 is 17.0. The lowest BCUT2D eigenvalue weighted by atomic mass is 9.94. The van der Waals surface area contributed by atoms with Crippen LogP contribution in [0.15, 0.2) is 36.9 Å². The molecule has 2 unspecified atom stereocenters. The molecule has 1 aromatic rings. The van der Waals surface area contributed by atoms with Crippen molar-refractivity contribution in [3.05, 3.63) is 47.5 Å². The zero-order valence-corrected chi connectivity index (χ0v) is 18.0. The lowest BCUT2D eigenvalue weighted by Gasteiger charge is -2.48. The molecule has 0 spiro atoms. The number of methoxy groups -OCH3 is 1. The Balaban J connectivity index is 1.69. The van der Waals surface area contributed by atoms with Gasteiger partial charge in [-0.05, 0) is 37.5 Å². The minimum atomic E-state index is -0.307. The lowest BCUT2D eigenvalue weighted by Crippen LogP contribution is -2.62. The van der Waals surface area contributed by atoms with Gasteiger partial charge in [-0.15, -0.1) is 0 Å². The highest BCUT2D eigenvalue weighted by molar-refractivity contribution is 6.30. The molecule has 2 aliphatic heterocycles. The number of piperidine rings is 1. The minimum absolute atomic E-state index is 0.0713. The summed E-state index contributed by atoms with van der Waals surface area (Å²) in [6.45, 7) is 8.63. The Kier molecular flexibility index (Phi) is 7.95. The van der Waals surface area contributed by atoms with E-state index in [1.807, 2.05) is 12.1 Å². The van der Waals surface area contributed by atoms with Gasteiger partial charge in [0.1, 0.15) is 6.61 Å². The van der Waals surface area contributed by atoms with Gasteiger partial charge in [0.25, 0.3) is 0 Å². The maximum absolute atomic E-state index is 12.2. The number of hydrogen-bond donors (Lipinski definition) is 0. The molecule has 0 bridgehead atoms. The second-order valence-corrected chi connectivity index (χ2v) is 8.20. The fraction of sp³-hybridized carbons (Fsp3) is 0.591. The minimum Gasteiger partial charge on any atom is -0.445 e. The van der Waals surface area contributed by atoms with Gasteiger partial charge in [0.05, 0.1) is 25.4 Å². The van der Waals surface area contributed by atoms with E-state index in [-0.39, 0.29) is 37.0 Å². The van der Waals surface area contributed by atoms with Crippen LogP contribution in [0, 0.1) is 0 Å². The highest BCUT2D eigenvalue weighted by Crippen LogP contribution is 2.27. The fourth-order valence-electron chi connectivity index (χ4n) is 4.25. The summed E-state index contributed by atoms with van der Waals surface area (Å²) >= 11 is 6.03. The molecule has 3 rings (SSSR count). The maximum atomic E-state index is 12.2. The van der Waals surface area contributed by atoms with Crippen LogP contribution in [-0.2, 0) is 20.6 Å². The summed E-state index contributed by atoms with van der Waals surface area (Å²) in [5, 5.41) is 0.745. The van der Waals surface area contributed by atoms with Crippen LogP contribution in [0.2, 0.25) is 5.02 Å². The first-order valence-electron chi connectivity index (χ1n) is 10.2. The van der Waals surface area contributed by atoms with Crippen LogP contribution in [0.25, 0.3) is 0 Å². The number of morpholine rings is 1. The van der Waals surface area contributed by atoms with Crippen molar-refractivity contribution in [1.29, 1.82) is 0 Å². The number of hydrogen-bond acceptors (Lipinski definition) is 5. The Morgan fingerprint density at radius 1 is 1.34 bits per heavy atom. The molecule has 2 aliphatic rings. The molecule has 2 saturated heterocycles. The standard InChI is InChI=1S/C22H31ClN2O4/c1-4-11-28-22(26)24-10-9-20(21(14-24)27-3)25-13-16(2)29-15-19(25)12-17-5-7-18(23)8-6-17/h4-8,16,19-21H,1,9-15H2,2-3H3/t16?,19?,20-,21-/m0/s1. The van der Waals surface area contributed by atoms with Crippen molar-refractivity contribution in [3.8, 4) is 0 Å². The van der Waals surface area contributed by atoms with Crippen LogP contribution in [0.4, 0.5) is 4.79 Å². The van der Waals surface area contributed by atoms with Crippen LogP contribution in [0.3, 0.4) is 0 Å². The Morgan fingerprint density at radius 3 is 2.79 bits per heavy atom. The first-order chi connectivity index (χ1) is 14.0. The predicted molar refractivity (Wildman–Crippen MR) is 113 cm³/mol. The van der Waals surface area contributed by atoms with E-state index in [0.29, 0.717) is 19.7 Å². The van der Waals surface area contributed by atoms with E-state index in [2.05, 4.69) is 30.5 Å². The summed E-state index contributed by atoms with van der Waals surface area (Å²) in [5.74, 6) is 0. The van der Waals surface area contributed by atoms with Crippen LogP contribution in [0.5, 0.6) is 0 Å². The third kappa shape index (κ3) is 5.72. The Labute approximate surface area is 178 Å². The van der Waals surface area contributed by atoms with E-state index in [1.54, 1.807) is 18.1 Å². The number of halogens is 1. The summed E-state index contributed by atoms with van der Waals surface area (Å²) in [6, 6.07) is 8.49. The monoisotopic (exact) mass is 422 g/mol. The molecule has 2 heterocycles. The van der Waals surface area contributed by atoms with Gasteiger partial charge in [0, 0.05) is 37.3 Å². The van der Waals surface area contributed by atoms with Crippen LogP contribution >= 0.6 is 11.6 Å². The van der Waals surface area contributed by atoms with Crippen molar-refractivity contribution in [2.45, 2.75) is 44.1 Å². The quantitative estimate of drug-likeness (QED) is 0.658. The topological polar surface area (TPSA) is 51.2 Å². The van der Waals surface area contributed by atoms with E-state index in [1.165, 1.54) is 5.56 Å². The molecule has 1 aromatic carbocycles. The van der Waals surface area contributed by atoms with Gasteiger partial charge in [0.15, 0.2) is 0 Å². The number of likely N-dealkylation sites (tertiary alicyclic amines) is 1. The molecule has 0 aromatic heterocycles. The van der Waals surface area contributed by atoms with Gasteiger partial charge in [-0.1, -0.05) is 36.4 Å². The predicted octanol–water partition coefficient (Wildman–Crippen LogP) is 3.38. The molecule has 7 heteroatoms. The van der Waals surface area contributed by atoms with Gasteiger partial charge >= 0.3 is 6.09 Å². The van der Waals surface area contributed by atoms with Crippen LogP contribution < -0.4 is 0 Å². The average molecular weight is 423 g/mol. The highest BCUT2D eigenvalue weighted by atomic mass is 35.5. The van der Waals surface area contributed by atoms with Gasteiger partial charge in [-0.25, -0.2) is 4.79 Å². The number of benzene rings is 1. The van der Waals surface area contributed by atoms with Gasteiger partial charge in [-0.2, -0.15) is 0 Å². The first kappa shape index (κ1) is 22.1. The molecule has 0 N–H and O–H groups in total. The average Bonchev–Trinajstić information content (AvgIpc) is 2.74. The van der Waals surface area contributed by atoms with E-state index in [0.717, 1.165) is 24.4 Å². The van der Waals surface area contributed by atoms with E-state index < -0.39 is 0 Å². The second-order valence-electron chi connectivity index (χ2n) is 7.77. The van der Waals surface area contributed by atoms with E-state index >= 15 is 0 Å². The van der Waals surface area contributed by atoms with Gasteiger partial charge in [0.2, 0.25) is 0 Å². The molecular weight excluding hydrogens is 392 g/mol. The van der Waals surface area contributed by atoms with E-state index in [4.69, 9.17) is 25.8 Å². The fourth-order valence-corrected chi connectivity index (χ4v) is 4.37. The molecule has 1 amide bonds. The number of carbonyl (C=O) groups excluding carboxylic acids is 1. The maximum Gasteiger partial charge on any atom is 0.410 e. The zero-order valence-electron chi connectivity index (χ0n) is 17.3. The molecule has 6 nitrogen and oxygen atoms in total. The van der Waals surface area contributed by atoms with Crippen molar-refractivity contribution in [3.63, 3.8) is 0 Å². The lowest BCUT2D eigenvalue weighted by molar-refractivity contribution is -0.112. The molecule has 0 saturated carbocycles. The van der Waals surface area contributed by atoms with Crippen molar-refractivity contribution < 1.29 is 19.0 Å². The van der Waals surface area contributed by atoms with Crippen LogP contribution in [-0.4, -0.2) is 80.1 Å². The molecular formula is C22H31ClN2O4. The third-order valence-electron chi connectivity index (χ3n) is 5.73. The summed E-state index contributed by atoms with van der Waals surface area (Å²) in [7, 11) is 1.72. The number of carbonyl (C=O) groups is 1. The van der Waals surface area contributed by atoms with Crippen LogP contribution in [0.1, 0.15) is 18.9 Å².